The average Bonchev–Trinajstić information content (AvgIpc) is 2.79. The van der Waals surface area contributed by atoms with Crippen molar-refractivity contribution in [1.82, 2.24) is 9.78 Å². The normalized spacial score (nSPS) is 10.5. The van der Waals surface area contributed by atoms with Crippen LogP contribution >= 0.6 is 0 Å². The molecule has 0 aliphatic rings. The van der Waals surface area contributed by atoms with Crippen molar-refractivity contribution in [2.45, 2.75) is 20.3 Å². The highest BCUT2D eigenvalue weighted by Crippen LogP contribution is 2.21. The maximum atomic E-state index is 12.6. The van der Waals surface area contributed by atoms with Crippen LogP contribution in [0.2, 0.25) is 0 Å². The summed E-state index contributed by atoms with van der Waals surface area (Å²) in [7, 11) is 3.45. The van der Waals surface area contributed by atoms with Crippen LogP contribution in [-0.4, -0.2) is 22.7 Å². The summed E-state index contributed by atoms with van der Waals surface area (Å²) in [5.41, 5.74) is 3.12. The van der Waals surface area contributed by atoms with Gasteiger partial charge >= 0.3 is 0 Å². The SMILES string of the molecule is CCc1nn(C)cc1C(=O)c1ccc(OC)cc1C. The molecule has 0 radical (unpaired) electrons. The minimum atomic E-state index is 0.0186. The zero-order valence-electron chi connectivity index (χ0n) is 11.7. The van der Waals surface area contributed by atoms with Gasteiger partial charge in [-0.2, -0.15) is 5.10 Å². The summed E-state index contributed by atoms with van der Waals surface area (Å²) < 4.78 is 6.84. The number of hydrogen-bond donors (Lipinski definition) is 0. The van der Waals surface area contributed by atoms with Gasteiger partial charge in [0.25, 0.3) is 0 Å². The van der Waals surface area contributed by atoms with Gasteiger partial charge in [0.1, 0.15) is 5.75 Å². The molecule has 0 atom stereocenters. The van der Waals surface area contributed by atoms with Crippen LogP contribution in [0.4, 0.5) is 0 Å². The van der Waals surface area contributed by atoms with E-state index in [0.717, 1.165) is 23.4 Å². The van der Waals surface area contributed by atoms with Crippen molar-refractivity contribution in [3.8, 4) is 5.75 Å². The highest BCUT2D eigenvalue weighted by Gasteiger charge is 2.18. The fraction of sp³-hybridized carbons (Fsp3) is 0.333. The predicted octanol–water partition coefficient (Wildman–Crippen LogP) is 2.53. The molecule has 0 unspecified atom stereocenters. The number of benzene rings is 1. The number of hydrogen-bond acceptors (Lipinski definition) is 3. The van der Waals surface area contributed by atoms with Gasteiger partial charge in [-0.1, -0.05) is 6.92 Å². The molecule has 0 bridgehead atoms. The van der Waals surface area contributed by atoms with Crippen molar-refractivity contribution < 1.29 is 9.53 Å². The fourth-order valence-corrected chi connectivity index (χ4v) is 2.15. The quantitative estimate of drug-likeness (QED) is 0.791. The first kappa shape index (κ1) is 13.3. The van der Waals surface area contributed by atoms with Crippen LogP contribution in [0.5, 0.6) is 5.75 Å². The van der Waals surface area contributed by atoms with Gasteiger partial charge in [-0.3, -0.25) is 9.48 Å². The van der Waals surface area contributed by atoms with Crippen molar-refractivity contribution >= 4 is 5.78 Å². The second-order valence-corrected chi connectivity index (χ2v) is 4.53. The molecule has 0 saturated carbocycles. The van der Waals surface area contributed by atoms with E-state index in [1.807, 2.05) is 39.1 Å². The summed E-state index contributed by atoms with van der Waals surface area (Å²) >= 11 is 0. The van der Waals surface area contributed by atoms with Crippen LogP contribution in [0, 0.1) is 6.92 Å². The summed E-state index contributed by atoms with van der Waals surface area (Å²) in [6.07, 6.45) is 2.53. The van der Waals surface area contributed by atoms with Gasteiger partial charge in [-0.05, 0) is 37.1 Å². The summed E-state index contributed by atoms with van der Waals surface area (Å²) in [5.74, 6) is 0.779. The van der Waals surface area contributed by atoms with E-state index in [2.05, 4.69) is 5.10 Å². The molecule has 0 amide bonds. The van der Waals surface area contributed by atoms with E-state index in [-0.39, 0.29) is 5.78 Å². The second kappa shape index (κ2) is 5.26. The lowest BCUT2D eigenvalue weighted by Gasteiger charge is -2.07. The first-order chi connectivity index (χ1) is 9.06. The van der Waals surface area contributed by atoms with E-state index >= 15 is 0 Å². The lowest BCUT2D eigenvalue weighted by atomic mass is 9.98. The average molecular weight is 258 g/mol. The van der Waals surface area contributed by atoms with Gasteiger partial charge in [-0.15, -0.1) is 0 Å². The summed E-state index contributed by atoms with van der Waals surface area (Å²) in [4.78, 5) is 12.6. The van der Waals surface area contributed by atoms with E-state index in [4.69, 9.17) is 4.74 Å². The Morgan fingerprint density at radius 3 is 2.68 bits per heavy atom. The van der Waals surface area contributed by atoms with Gasteiger partial charge < -0.3 is 4.74 Å². The molecule has 0 spiro atoms. The number of carbonyl (C=O) groups excluding carboxylic acids is 1. The van der Waals surface area contributed by atoms with E-state index in [0.29, 0.717) is 11.1 Å². The Hall–Kier alpha value is -2.10. The minimum Gasteiger partial charge on any atom is -0.497 e. The third kappa shape index (κ3) is 2.52. The van der Waals surface area contributed by atoms with Crippen LogP contribution in [0.15, 0.2) is 24.4 Å². The fourth-order valence-electron chi connectivity index (χ4n) is 2.15. The molecule has 0 N–H and O–H groups in total. The Morgan fingerprint density at radius 1 is 1.37 bits per heavy atom. The maximum absolute atomic E-state index is 12.6. The van der Waals surface area contributed by atoms with E-state index in [9.17, 15) is 4.79 Å². The Kier molecular flexibility index (Phi) is 3.69. The van der Waals surface area contributed by atoms with Crippen LogP contribution in [0.3, 0.4) is 0 Å². The Labute approximate surface area is 113 Å². The van der Waals surface area contributed by atoms with E-state index in [1.165, 1.54) is 0 Å². The highest BCUT2D eigenvalue weighted by atomic mass is 16.5. The lowest BCUT2D eigenvalue weighted by molar-refractivity contribution is 0.103. The summed E-state index contributed by atoms with van der Waals surface area (Å²) in [6, 6.07) is 5.49. The molecule has 100 valence electrons. The molecular weight excluding hydrogens is 240 g/mol. The largest absolute Gasteiger partial charge is 0.497 e. The monoisotopic (exact) mass is 258 g/mol. The van der Waals surface area contributed by atoms with Gasteiger partial charge in [0.05, 0.1) is 18.4 Å². The molecule has 4 nitrogen and oxygen atoms in total. The van der Waals surface area contributed by atoms with Gasteiger partial charge in [0.15, 0.2) is 5.78 Å². The van der Waals surface area contributed by atoms with Crippen molar-refractivity contribution in [3.63, 3.8) is 0 Å². The standard InChI is InChI=1S/C15H18N2O2/c1-5-14-13(9-17(3)16-14)15(18)12-7-6-11(19-4)8-10(12)2/h6-9H,5H2,1-4H3. The number of aryl methyl sites for hydroxylation is 3. The predicted molar refractivity (Wildman–Crippen MR) is 73.7 cm³/mol. The number of nitrogens with zero attached hydrogens (tertiary/aromatic N) is 2. The molecule has 0 saturated heterocycles. The molecule has 0 aliphatic heterocycles. The van der Waals surface area contributed by atoms with Gasteiger partial charge in [-0.25, -0.2) is 0 Å². The third-order valence-corrected chi connectivity index (χ3v) is 3.16. The molecular formula is C15H18N2O2. The smallest absolute Gasteiger partial charge is 0.196 e. The molecule has 0 fully saturated rings. The zero-order chi connectivity index (χ0) is 14.0. The number of aromatic nitrogens is 2. The van der Waals surface area contributed by atoms with Gasteiger partial charge in [0.2, 0.25) is 0 Å². The minimum absolute atomic E-state index is 0.0186. The number of methoxy groups -OCH3 is 1. The Bertz CT molecular complexity index is 615. The molecule has 19 heavy (non-hydrogen) atoms. The number of ketones is 1. The first-order valence-electron chi connectivity index (χ1n) is 6.28. The van der Waals surface area contributed by atoms with Crippen molar-refractivity contribution in [2.75, 3.05) is 7.11 Å². The maximum Gasteiger partial charge on any atom is 0.196 e. The Morgan fingerprint density at radius 2 is 2.11 bits per heavy atom. The molecule has 4 heteroatoms. The molecule has 2 rings (SSSR count). The molecule has 0 aliphatic carbocycles. The highest BCUT2D eigenvalue weighted by molar-refractivity contribution is 6.10. The number of rotatable bonds is 4. The third-order valence-electron chi connectivity index (χ3n) is 3.16. The van der Waals surface area contributed by atoms with Gasteiger partial charge in [0, 0.05) is 18.8 Å². The van der Waals surface area contributed by atoms with Crippen LogP contribution in [-0.2, 0) is 13.5 Å². The molecule has 1 heterocycles. The van der Waals surface area contributed by atoms with E-state index < -0.39 is 0 Å². The van der Waals surface area contributed by atoms with Crippen LogP contribution in [0.1, 0.15) is 34.1 Å². The van der Waals surface area contributed by atoms with Crippen molar-refractivity contribution in [2.24, 2.45) is 7.05 Å². The first-order valence-corrected chi connectivity index (χ1v) is 6.28. The topological polar surface area (TPSA) is 44.1 Å². The van der Waals surface area contributed by atoms with Crippen LogP contribution in [0.25, 0.3) is 0 Å². The molecule has 2 aromatic rings. The van der Waals surface area contributed by atoms with Crippen molar-refractivity contribution in [1.29, 1.82) is 0 Å². The number of carbonyl (C=O) groups is 1. The van der Waals surface area contributed by atoms with Crippen molar-refractivity contribution in [3.05, 3.63) is 46.8 Å². The van der Waals surface area contributed by atoms with E-state index in [1.54, 1.807) is 18.0 Å². The lowest BCUT2D eigenvalue weighted by Crippen LogP contribution is -2.05. The number of ether oxygens (including phenoxy) is 1. The molecule has 1 aromatic carbocycles. The zero-order valence-corrected chi connectivity index (χ0v) is 11.7. The molecule has 1 aromatic heterocycles. The summed E-state index contributed by atoms with van der Waals surface area (Å²) in [5, 5.41) is 4.31. The summed E-state index contributed by atoms with van der Waals surface area (Å²) in [6.45, 7) is 3.91. The van der Waals surface area contributed by atoms with Crippen LogP contribution < -0.4 is 4.74 Å². The Balaban J connectivity index is 2.44. The second-order valence-electron chi connectivity index (χ2n) is 4.53.